The molecule has 0 atom stereocenters. The van der Waals surface area contributed by atoms with E-state index in [0.717, 1.165) is 17.2 Å². The predicted octanol–water partition coefficient (Wildman–Crippen LogP) is 4.43. The molecule has 0 amide bonds. The van der Waals surface area contributed by atoms with Crippen LogP contribution in [0.3, 0.4) is 0 Å². The first-order valence-corrected chi connectivity index (χ1v) is 11.4. The maximum Gasteiger partial charge on any atom is 0.305 e. The van der Waals surface area contributed by atoms with Gasteiger partial charge in [-0.1, -0.05) is 54.6 Å². The number of para-hydroxylation sites is 3. The minimum Gasteiger partial charge on any atom is -0.494 e. The summed E-state index contributed by atoms with van der Waals surface area (Å²) in [7, 11) is -0.773. The van der Waals surface area contributed by atoms with Gasteiger partial charge < -0.3 is 18.6 Å². The molecule has 0 unspecified atom stereocenters. The van der Waals surface area contributed by atoms with Gasteiger partial charge in [0.15, 0.2) is 0 Å². The number of hydrogen-bond donors (Lipinski definition) is 0. The van der Waals surface area contributed by atoms with Crippen LogP contribution in [0, 0.1) is 0 Å². The van der Waals surface area contributed by atoms with E-state index in [4.69, 9.17) is 18.6 Å². The second-order valence-electron chi connectivity index (χ2n) is 6.19. The fourth-order valence-corrected chi connectivity index (χ4v) is 4.39. The number of hydrogen-bond acceptors (Lipinski definition) is 4. The minimum absolute atomic E-state index is 0.438. The fourth-order valence-electron chi connectivity index (χ4n) is 2.50. The highest BCUT2D eigenvalue weighted by Gasteiger charge is 2.38. The molecule has 0 spiro atoms. The van der Waals surface area contributed by atoms with Gasteiger partial charge in [0, 0.05) is 7.11 Å². The van der Waals surface area contributed by atoms with Crippen LogP contribution < -0.4 is 14.2 Å². The molecular weight excluding hydrogens is 356 g/mol. The smallest absolute Gasteiger partial charge is 0.305 e. The second-order valence-corrected chi connectivity index (χ2v) is 9.83. The van der Waals surface area contributed by atoms with E-state index in [2.05, 4.69) is 0 Å². The standard InChI is InChI=1S/C22H24O4Si/c1-23-27(17-24-20-11-5-2-6-12-20,18-25-21-13-7-3-8-14-21)19-26-22-15-9-4-10-16-22/h2-16H,17-19H2,1H3. The van der Waals surface area contributed by atoms with Crippen LogP contribution in [0.4, 0.5) is 0 Å². The summed E-state index contributed by atoms with van der Waals surface area (Å²) < 4.78 is 24.0. The summed E-state index contributed by atoms with van der Waals surface area (Å²) in [6.45, 7) is 0. The highest BCUT2D eigenvalue weighted by molar-refractivity contribution is 6.73. The second kappa shape index (κ2) is 9.80. The van der Waals surface area contributed by atoms with E-state index < -0.39 is 8.32 Å². The average Bonchev–Trinajstić information content (AvgIpc) is 2.76. The van der Waals surface area contributed by atoms with Crippen molar-refractivity contribution < 1.29 is 18.6 Å². The Morgan fingerprint density at radius 3 is 1.07 bits per heavy atom. The molecular formula is C22H24O4Si. The molecule has 0 aliphatic heterocycles. The Bertz CT molecular complexity index is 675. The number of rotatable bonds is 10. The summed E-state index contributed by atoms with van der Waals surface area (Å²) in [4.78, 5) is 0. The van der Waals surface area contributed by atoms with Crippen molar-refractivity contribution in [2.75, 3.05) is 25.8 Å². The first kappa shape index (κ1) is 19.0. The van der Waals surface area contributed by atoms with Gasteiger partial charge in [-0.25, -0.2) is 0 Å². The van der Waals surface area contributed by atoms with Crippen LogP contribution in [-0.4, -0.2) is 34.1 Å². The van der Waals surface area contributed by atoms with Crippen LogP contribution in [0.1, 0.15) is 0 Å². The van der Waals surface area contributed by atoms with Gasteiger partial charge in [0.1, 0.15) is 35.9 Å². The lowest BCUT2D eigenvalue weighted by molar-refractivity contribution is 0.240. The third-order valence-corrected chi connectivity index (χ3v) is 7.05. The Morgan fingerprint density at radius 2 is 0.815 bits per heavy atom. The van der Waals surface area contributed by atoms with Crippen molar-refractivity contribution >= 4 is 8.32 Å². The quantitative estimate of drug-likeness (QED) is 0.488. The van der Waals surface area contributed by atoms with Crippen LogP contribution in [0.5, 0.6) is 17.2 Å². The Balaban J connectivity index is 1.70. The molecule has 0 aliphatic rings. The highest BCUT2D eigenvalue weighted by atomic mass is 28.4. The van der Waals surface area contributed by atoms with Crippen LogP contribution in [0.2, 0.25) is 0 Å². The minimum atomic E-state index is -2.48. The van der Waals surface area contributed by atoms with Crippen LogP contribution in [0.25, 0.3) is 0 Å². The molecule has 0 radical (unpaired) electrons. The summed E-state index contributed by atoms with van der Waals surface area (Å²) in [6, 6.07) is 29.2. The molecule has 5 heteroatoms. The predicted molar refractivity (Wildman–Crippen MR) is 109 cm³/mol. The molecule has 0 bridgehead atoms. The Labute approximate surface area is 161 Å². The van der Waals surface area contributed by atoms with Crippen molar-refractivity contribution in [1.29, 1.82) is 0 Å². The zero-order chi connectivity index (χ0) is 18.8. The van der Waals surface area contributed by atoms with E-state index in [1.807, 2.05) is 91.0 Å². The molecule has 0 fully saturated rings. The van der Waals surface area contributed by atoms with E-state index in [9.17, 15) is 0 Å². The lowest BCUT2D eigenvalue weighted by Gasteiger charge is -2.29. The maximum atomic E-state index is 6.02. The van der Waals surface area contributed by atoms with Crippen molar-refractivity contribution in [3.8, 4) is 17.2 Å². The summed E-state index contributed by atoms with van der Waals surface area (Å²) in [5.41, 5.74) is 0. The molecule has 3 aromatic carbocycles. The van der Waals surface area contributed by atoms with Crippen LogP contribution in [-0.2, 0) is 4.43 Å². The summed E-state index contributed by atoms with van der Waals surface area (Å²) in [5, 5.41) is 0. The zero-order valence-corrected chi connectivity index (χ0v) is 16.4. The van der Waals surface area contributed by atoms with Gasteiger partial charge in [-0.05, 0) is 36.4 Å². The van der Waals surface area contributed by atoms with E-state index in [0.29, 0.717) is 18.7 Å². The lowest BCUT2D eigenvalue weighted by Crippen LogP contribution is -2.55. The van der Waals surface area contributed by atoms with Crippen molar-refractivity contribution in [3.63, 3.8) is 0 Å². The van der Waals surface area contributed by atoms with E-state index in [1.165, 1.54) is 0 Å². The van der Waals surface area contributed by atoms with Gasteiger partial charge in [-0.3, -0.25) is 0 Å². The monoisotopic (exact) mass is 380 g/mol. The summed E-state index contributed by atoms with van der Waals surface area (Å²) in [5.74, 6) is 2.43. The summed E-state index contributed by atoms with van der Waals surface area (Å²) >= 11 is 0. The third kappa shape index (κ3) is 5.87. The van der Waals surface area contributed by atoms with Gasteiger partial charge in [0.2, 0.25) is 0 Å². The largest absolute Gasteiger partial charge is 0.494 e. The van der Waals surface area contributed by atoms with Gasteiger partial charge in [0.05, 0.1) is 0 Å². The fraction of sp³-hybridized carbons (Fsp3) is 0.182. The molecule has 0 heterocycles. The molecule has 27 heavy (non-hydrogen) atoms. The van der Waals surface area contributed by atoms with E-state index in [1.54, 1.807) is 7.11 Å². The van der Waals surface area contributed by atoms with Gasteiger partial charge in [-0.15, -0.1) is 0 Å². The zero-order valence-electron chi connectivity index (χ0n) is 15.4. The molecule has 0 N–H and O–H groups in total. The molecule has 0 saturated carbocycles. The van der Waals surface area contributed by atoms with Crippen LogP contribution >= 0.6 is 0 Å². The summed E-state index contributed by atoms with van der Waals surface area (Å²) in [6.07, 6.45) is 1.31. The topological polar surface area (TPSA) is 36.9 Å². The molecule has 3 rings (SSSR count). The lowest BCUT2D eigenvalue weighted by atomic mass is 10.3. The van der Waals surface area contributed by atoms with Crippen molar-refractivity contribution in [2.24, 2.45) is 0 Å². The first-order valence-electron chi connectivity index (χ1n) is 8.88. The van der Waals surface area contributed by atoms with Gasteiger partial charge in [0.25, 0.3) is 0 Å². The van der Waals surface area contributed by atoms with Gasteiger partial charge >= 0.3 is 8.32 Å². The normalized spacial score (nSPS) is 11.0. The van der Waals surface area contributed by atoms with Crippen molar-refractivity contribution in [1.82, 2.24) is 0 Å². The molecule has 0 aliphatic carbocycles. The highest BCUT2D eigenvalue weighted by Crippen LogP contribution is 2.17. The van der Waals surface area contributed by atoms with E-state index >= 15 is 0 Å². The Morgan fingerprint density at radius 1 is 0.519 bits per heavy atom. The molecule has 4 nitrogen and oxygen atoms in total. The third-order valence-electron chi connectivity index (χ3n) is 4.17. The first-order chi connectivity index (χ1) is 13.3. The van der Waals surface area contributed by atoms with Crippen molar-refractivity contribution in [2.45, 2.75) is 0 Å². The van der Waals surface area contributed by atoms with E-state index in [-0.39, 0.29) is 0 Å². The SMILES string of the molecule is CO[Si](COc1ccccc1)(COc1ccccc1)COc1ccccc1. The molecule has 0 aromatic heterocycles. The van der Waals surface area contributed by atoms with Gasteiger partial charge in [-0.2, -0.15) is 0 Å². The average molecular weight is 381 g/mol. The van der Waals surface area contributed by atoms with Crippen LogP contribution in [0.15, 0.2) is 91.0 Å². The maximum absolute atomic E-state index is 6.02. The molecule has 140 valence electrons. The molecule has 0 saturated heterocycles. The number of benzene rings is 3. The van der Waals surface area contributed by atoms with Crippen molar-refractivity contribution in [3.05, 3.63) is 91.0 Å². The molecule has 3 aromatic rings. The number of ether oxygens (including phenoxy) is 3. The Kier molecular flexibility index (Phi) is 6.90. The Hall–Kier alpha value is -2.76.